The van der Waals surface area contributed by atoms with E-state index in [1.165, 1.54) is 16.9 Å². The van der Waals surface area contributed by atoms with Crippen LogP contribution in [-0.4, -0.2) is 27.3 Å². The first-order chi connectivity index (χ1) is 12.3. The first kappa shape index (κ1) is 17.0. The van der Waals surface area contributed by atoms with Crippen molar-refractivity contribution in [2.45, 2.75) is 13.0 Å². The van der Waals surface area contributed by atoms with E-state index < -0.39 is 0 Å². The van der Waals surface area contributed by atoms with E-state index in [0.717, 1.165) is 17.7 Å². The fourth-order valence-electron chi connectivity index (χ4n) is 2.45. The van der Waals surface area contributed by atoms with Gasteiger partial charge in [-0.25, -0.2) is 4.98 Å². The molecule has 0 unspecified atom stereocenters. The van der Waals surface area contributed by atoms with Crippen LogP contribution in [-0.2, 0) is 17.8 Å². The van der Waals surface area contributed by atoms with E-state index in [9.17, 15) is 4.79 Å². The lowest BCUT2D eigenvalue weighted by Gasteiger charge is -2.21. The van der Waals surface area contributed by atoms with Crippen molar-refractivity contribution in [1.29, 1.82) is 0 Å². The summed E-state index contributed by atoms with van der Waals surface area (Å²) in [5.41, 5.74) is 4.86. The number of carbonyl (C=O) groups excluding carboxylic acids is 1. The summed E-state index contributed by atoms with van der Waals surface area (Å²) in [5, 5.41) is 1.92. The first-order valence-corrected chi connectivity index (χ1v) is 9.03. The Hall–Kier alpha value is -2.79. The molecule has 3 rings (SSSR count). The minimum atomic E-state index is -0.0132. The molecule has 25 heavy (non-hydrogen) atoms. The smallest absolute Gasteiger partial charge is 0.246 e. The average Bonchev–Trinajstić information content (AvgIpc) is 3.18. The highest BCUT2D eigenvalue weighted by Crippen LogP contribution is 2.09. The monoisotopic (exact) mass is 349 g/mol. The number of pyridine rings is 1. The normalized spacial score (nSPS) is 10.9. The lowest BCUT2D eigenvalue weighted by Crippen LogP contribution is -2.31. The fourth-order valence-corrected chi connectivity index (χ4v) is 2.97. The summed E-state index contributed by atoms with van der Waals surface area (Å²) in [6, 6.07) is 14.1. The molecule has 4 nitrogen and oxygen atoms in total. The van der Waals surface area contributed by atoms with Gasteiger partial charge in [-0.15, -0.1) is 11.3 Å². The number of carbonyl (C=O) groups is 1. The van der Waals surface area contributed by atoms with Gasteiger partial charge < -0.3 is 4.90 Å². The lowest BCUT2D eigenvalue weighted by atomic mass is 10.1. The Morgan fingerprint density at radius 2 is 1.88 bits per heavy atom. The number of rotatable bonds is 7. The number of nitrogens with zero attached hydrogens (tertiary/aromatic N) is 3. The number of hydrogen-bond acceptors (Lipinski definition) is 4. The van der Waals surface area contributed by atoms with E-state index in [0.29, 0.717) is 13.1 Å². The van der Waals surface area contributed by atoms with Gasteiger partial charge in [0.25, 0.3) is 0 Å². The van der Waals surface area contributed by atoms with E-state index >= 15 is 0 Å². The highest BCUT2D eigenvalue weighted by atomic mass is 32.1. The second kappa shape index (κ2) is 8.89. The third-order valence-electron chi connectivity index (χ3n) is 3.80. The second-order valence-electron chi connectivity index (χ2n) is 5.60. The Morgan fingerprint density at radius 3 is 2.60 bits per heavy atom. The predicted octanol–water partition coefficient (Wildman–Crippen LogP) is 3.82. The van der Waals surface area contributed by atoms with Crippen LogP contribution in [0.2, 0.25) is 0 Å². The summed E-state index contributed by atoms with van der Waals surface area (Å²) >= 11 is 1.52. The van der Waals surface area contributed by atoms with Crippen LogP contribution in [0.4, 0.5) is 0 Å². The van der Waals surface area contributed by atoms with Gasteiger partial charge in [-0.3, -0.25) is 9.78 Å². The number of benzene rings is 1. The fraction of sp³-hybridized carbons (Fsp3) is 0.150. The maximum Gasteiger partial charge on any atom is 0.246 e. The molecule has 1 aromatic carbocycles. The molecule has 0 aliphatic heterocycles. The molecule has 2 heterocycles. The topological polar surface area (TPSA) is 46.1 Å². The summed E-state index contributed by atoms with van der Waals surface area (Å²) in [5.74, 6) is -0.0132. The standard InChI is InChI=1S/C20H19N3OS/c24-20(7-6-19-15-25-16-22-19)23(14-18-8-11-21-12-9-18)13-10-17-4-2-1-3-5-17/h1-9,11-12,15-16H,10,13-14H2/b7-6-. The molecule has 0 spiro atoms. The summed E-state index contributed by atoms with van der Waals surface area (Å²) < 4.78 is 0. The molecule has 0 radical (unpaired) electrons. The van der Waals surface area contributed by atoms with Gasteiger partial charge in [-0.2, -0.15) is 0 Å². The van der Waals surface area contributed by atoms with Crippen LogP contribution in [0.5, 0.6) is 0 Å². The van der Waals surface area contributed by atoms with Crippen molar-refractivity contribution in [3.8, 4) is 0 Å². The van der Waals surface area contributed by atoms with Gasteiger partial charge in [-0.05, 0) is 35.8 Å². The minimum absolute atomic E-state index is 0.0132. The van der Waals surface area contributed by atoms with Crippen molar-refractivity contribution in [2.24, 2.45) is 0 Å². The highest BCUT2D eigenvalue weighted by Gasteiger charge is 2.11. The van der Waals surface area contributed by atoms with E-state index in [-0.39, 0.29) is 5.91 Å². The molecule has 2 aromatic heterocycles. The Morgan fingerprint density at radius 1 is 1.08 bits per heavy atom. The minimum Gasteiger partial charge on any atom is -0.334 e. The van der Waals surface area contributed by atoms with Crippen molar-refractivity contribution in [3.63, 3.8) is 0 Å². The Labute approximate surface area is 151 Å². The third-order valence-corrected chi connectivity index (χ3v) is 4.40. The summed E-state index contributed by atoms with van der Waals surface area (Å²) in [6.07, 6.45) is 7.69. The molecule has 3 aromatic rings. The molecule has 1 amide bonds. The quantitative estimate of drug-likeness (QED) is 0.609. The molecule has 0 aliphatic carbocycles. The summed E-state index contributed by atoms with van der Waals surface area (Å²) in [7, 11) is 0. The number of hydrogen-bond donors (Lipinski definition) is 0. The van der Waals surface area contributed by atoms with E-state index in [1.54, 1.807) is 30.1 Å². The molecule has 0 saturated heterocycles. The summed E-state index contributed by atoms with van der Waals surface area (Å²) in [4.78, 5) is 22.7. The van der Waals surface area contributed by atoms with E-state index in [4.69, 9.17) is 0 Å². The Balaban J connectivity index is 1.69. The Kier molecular flexibility index (Phi) is 6.06. The third kappa shape index (κ3) is 5.36. The second-order valence-corrected chi connectivity index (χ2v) is 6.32. The molecule has 0 N–H and O–H groups in total. The molecule has 5 heteroatoms. The van der Waals surface area contributed by atoms with Crippen LogP contribution in [0.1, 0.15) is 16.8 Å². The van der Waals surface area contributed by atoms with Crippen molar-refractivity contribution in [1.82, 2.24) is 14.9 Å². The molecule has 0 bridgehead atoms. The highest BCUT2D eigenvalue weighted by molar-refractivity contribution is 7.07. The van der Waals surface area contributed by atoms with Gasteiger partial charge in [0.1, 0.15) is 0 Å². The maximum atomic E-state index is 12.7. The average molecular weight is 349 g/mol. The largest absolute Gasteiger partial charge is 0.334 e. The van der Waals surface area contributed by atoms with Crippen molar-refractivity contribution < 1.29 is 4.79 Å². The molecule has 0 aliphatic rings. The van der Waals surface area contributed by atoms with Gasteiger partial charge in [0.2, 0.25) is 5.91 Å². The number of amides is 1. The van der Waals surface area contributed by atoms with Gasteiger partial charge in [0, 0.05) is 36.9 Å². The molecule has 0 fully saturated rings. The zero-order valence-electron chi connectivity index (χ0n) is 13.8. The van der Waals surface area contributed by atoms with Crippen molar-refractivity contribution >= 4 is 23.3 Å². The van der Waals surface area contributed by atoms with Crippen LogP contribution in [0.25, 0.3) is 6.08 Å². The van der Waals surface area contributed by atoms with Gasteiger partial charge >= 0.3 is 0 Å². The predicted molar refractivity (Wildman–Crippen MR) is 101 cm³/mol. The molecule has 126 valence electrons. The summed E-state index contributed by atoms with van der Waals surface area (Å²) in [6.45, 7) is 1.22. The first-order valence-electron chi connectivity index (χ1n) is 8.09. The number of thiazole rings is 1. The van der Waals surface area contributed by atoms with E-state index in [2.05, 4.69) is 22.1 Å². The van der Waals surface area contributed by atoms with Crippen LogP contribution in [0.15, 0.2) is 71.8 Å². The van der Waals surface area contributed by atoms with Gasteiger partial charge in [0.15, 0.2) is 0 Å². The Bertz CT molecular complexity index is 801. The van der Waals surface area contributed by atoms with Crippen LogP contribution >= 0.6 is 11.3 Å². The van der Waals surface area contributed by atoms with Crippen LogP contribution in [0, 0.1) is 0 Å². The molecule has 0 atom stereocenters. The van der Waals surface area contributed by atoms with Crippen molar-refractivity contribution in [3.05, 3.63) is 88.6 Å². The molecule has 0 saturated carbocycles. The lowest BCUT2D eigenvalue weighted by molar-refractivity contribution is -0.126. The van der Waals surface area contributed by atoms with Gasteiger partial charge in [0.05, 0.1) is 11.2 Å². The zero-order valence-corrected chi connectivity index (χ0v) is 14.6. The molecular formula is C20H19N3OS. The molecular weight excluding hydrogens is 330 g/mol. The number of aromatic nitrogens is 2. The van der Waals surface area contributed by atoms with Crippen LogP contribution < -0.4 is 0 Å². The zero-order chi connectivity index (χ0) is 17.3. The SMILES string of the molecule is O=C(/C=C\c1cscn1)N(CCc1ccccc1)Cc1ccncc1. The van der Waals surface area contributed by atoms with Crippen molar-refractivity contribution in [2.75, 3.05) is 6.54 Å². The van der Waals surface area contributed by atoms with Crippen LogP contribution in [0.3, 0.4) is 0 Å². The van der Waals surface area contributed by atoms with Gasteiger partial charge in [-0.1, -0.05) is 30.3 Å². The maximum absolute atomic E-state index is 12.7. The van der Waals surface area contributed by atoms with E-state index in [1.807, 2.05) is 40.6 Å².